The molecule has 0 aliphatic carbocycles. The summed E-state index contributed by atoms with van der Waals surface area (Å²) in [5.74, 6) is 0. The van der Waals surface area contributed by atoms with Crippen LogP contribution in [0.2, 0.25) is 0 Å². The van der Waals surface area contributed by atoms with E-state index in [9.17, 15) is 13.2 Å². The number of hydrogen-bond donors (Lipinski definition) is 1. The van der Waals surface area contributed by atoms with Crippen molar-refractivity contribution in [2.24, 2.45) is 0 Å². The van der Waals surface area contributed by atoms with E-state index in [4.69, 9.17) is 11.6 Å². The Morgan fingerprint density at radius 2 is 1.73 bits per heavy atom. The third-order valence-corrected chi connectivity index (χ3v) is 5.43. The van der Waals surface area contributed by atoms with Crippen molar-refractivity contribution in [3.05, 3.63) is 83.9 Å². The van der Waals surface area contributed by atoms with Crippen LogP contribution >= 0.6 is 11.6 Å². The normalized spacial score (nSPS) is 11.9. The van der Waals surface area contributed by atoms with Crippen molar-refractivity contribution in [3.63, 3.8) is 0 Å². The lowest BCUT2D eigenvalue weighted by Gasteiger charge is -2.10. The summed E-state index contributed by atoms with van der Waals surface area (Å²) in [6.45, 7) is 0.184. The van der Waals surface area contributed by atoms with Crippen LogP contribution in [-0.2, 0) is 21.4 Å². The molecule has 0 spiro atoms. The van der Waals surface area contributed by atoms with Crippen molar-refractivity contribution < 1.29 is 13.2 Å². The summed E-state index contributed by atoms with van der Waals surface area (Å²) in [7, 11) is -3.69. The van der Waals surface area contributed by atoms with Gasteiger partial charge in [0.2, 0.25) is 15.3 Å². The number of carbonyl (C=O) groups is 1. The van der Waals surface area contributed by atoms with Crippen molar-refractivity contribution >= 4 is 43.7 Å². The Bertz CT molecular complexity index is 1090. The zero-order valence-electron chi connectivity index (χ0n) is 13.7. The van der Waals surface area contributed by atoms with E-state index in [2.05, 4.69) is 4.72 Å². The minimum absolute atomic E-state index is 0.127. The molecule has 0 amide bonds. The maximum atomic E-state index is 12.6. The Hall–Kier alpha value is -2.47. The fourth-order valence-electron chi connectivity index (χ4n) is 2.65. The largest absolute Gasteiger partial charge is 0.276 e. The number of nitrogens with one attached hydrogen (secondary N) is 1. The molecule has 0 saturated heterocycles. The molecule has 0 aromatic heterocycles. The molecule has 0 atom stereocenters. The number of allylic oxidation sites excluding steroid dienone is 1. The average molecular weight is 386 g/mol. The van der Waals surface area contributed by atoms with Gasteiger partial charge in [-0.3, -0.25) is 4.79 Å². The molecule has 0 heterocycles. The van der Waals surface area contributed by atoms with Crippen molar-refractivity contribution in [3.8, 4) is 0 Å². The van der Waals surface area contributed by atoms with E-state index in [-0.39, 0.29) is 11.4 Å². The average Bonchev–Trinajstić information content (AvgIpc) is 2.65. The zero-order valence-corrected chi connectivity index (χ0v) is 15.3. The quantitative estimate of drug-likeness (QED) is 0.513. The molecule has 0 saturated carbocycles. The lowest BCUT2D eigenvalue weighted by Crippen LogP contribution is -2.23. The van der Waals surface area contributed by atoms with E-state index in [1.165, 1.54) is 24.3 Å². The van der Waals surface area contributed by atoms with Crippen molar-refractivity contribution in [1.29, 1.82) is 0 Å². The summed E-state index contributed by atoms with van der Waals surface area (Å²) in [4.78, 5) is 10.9. The molecular weight excluding hydrogens is 370 g/mol. The number of hydrogen-bond acceptors (Lipinski definition) is 3. The van der Waals surface area contributed by atoms with Crippen LogP contribution in [0.5, 0.6) is 0 Å². The first-order chi connectivity index (χ1) is 12.5. The van der Waals surface area contributed by atoms with Crippen LogP contribution in [0.1, 0.15) is 11.1 Å². The third-order valence-electron chi connectivity index (χ3n) is 3.91. The molecule has 0 fully saturated rings. The standard InChI is InChI=1S/C20H16ClNO3S/c21-20(23)12-11-15-5-3-9-18(13-15)26(24,25)22-14-17-8-4-7-16-6-1-2-10-19(16)17/h1-13,22H,14H2/b12-11+. The van der Waals surface area contributed by atoms with Gasteiger partial charge >= 0.3 is 0 Å². The van der Waals surface area contributed by atoms with E-state index in [1.54, 1.807) is 12.1 Å². The second-order valence-electron chi connectivity index (χ2n) is 5.67. The number of sulfonamides is 1. The molecule has 3 rings (SSSR count). The van der Waals surface area contributed by atoms with E-state index in [1.807, 2.05) is 42.5 Å². The number of rotatable bonds is 6. The zero-order chi connectivity index (χ0) is 18.6. The SMILES string of the molecule is O=C(Cl)/C=C/c1cccc(S(=O)(=O)NCc2cccc3ccccc23)c1. The maximum Gasteiger partial charge on any atom is 0.245 e. The Kier molecular flexibility index (Phi) is 5.52. The molecule has 0 aliphatic rings. The number of fused-ring (bicyclic) bond motifs is 1. The Labute approximate surface area is 157 Å². The summed E-state index contributed by atoms with van der Waals surface area (Å²) in [5, 5.41) is 1.45. The molecular formula is C20H16ClNO3S. The highest BCUT2D eigenvalue weighted by atomic mass is 35.5. The van der Waals surface area contributed by atoms with Gasteiger partial charge in [-0.15, -0.1) is 0 Å². The molecule has 26 heavy (non-hydrogen) atoms. The summed E-state index contributed by atoms with van der Waals surface area (Å²) in [5.41, 5.74) is 1.47. The molecule has 6 heteroatoms. The molecule has 132 valence electrons. The van der Waals surface area contributed by atoms with E-state index in [0.29, 0.717) is 5.56 Å². The predicted octanol–water partition coefficient (Wildman–Crippen LogP) is 4.10. The van der Waals surface area contributed by atoms with E-state index in [0.717, 1.165) is 16.3 Å². The molecule has 1 N–H and O–H groups in total. The third kappa shape index (κ3) is 4.38. The van der Waals surface area contributed by atoms with Crippen molar-refractivity contribution in [1.82, 2.24) is 4.72 Å². The van der Waals surface area contributed by atoms with Gasteiger partial charge < -0.3 is 0 Å². The molecule has 3 aromatic rings. The van der Waals surface area contributed by atoms with Gasteiger partial charge in [-0.1, -0.05) is 60.7 Å². The van der Waals surface area contributed by atoms with Gasteiger partial charge in [-0.2, -0.15) is 0 Å². The van der Waals surface area contributed by atoms with Crippen LogP contribution in [0.15, 0.2) is 77.7 Å². The second-order valence-corrected chi connectivity index (χ2v) is 7.81. The Morgan fingerprint density at radius 3 is 2.54 bits per heavy atom. The summed E-state index contributed by atoms with van der Waals surface area (Å²) in [6.07, 6.45) is 2.65. The molecule has 3 aromatic carbocycles. The summed E-state index contributed by atoms with van der Waals surface area (Å²) < 4.78 is 27.8. The van der Waals surface area contributed by atoms with Crippen LogP contribution in [0, 0.1) is 0 Å². The van der Waals surface area contributed by atoms with Gasteiger partial charge in [0.15, 0.2) is 0 Å². The first kappa shape index (κ1) is 18.3. The fourth-order valence-corrected chi connectivity index (χ4v) is 3.77. The van der Waals surface area contributed by atoms with Crippen LogP contribution in [0.3, 0.4) is 0 Å². The maximum absolute atomic E-state index is 12.6. The topological polar surface area (TPSA) is 63.2 Å². The number of carbonyl (C=O) groups excluding carboxylic acids is 1. The van der Waals surface area contributed by atoms with Crippen LogP contribution in [0.25, 0.3) is 16.8 Å². The van der Waals surface area contributed by atoms with Crippen LogP contribution in [-0.4, -0.2) is 13.7 Å². The van der Waals surface area contributed by atoms with Gasteiger partial charge in [0.1, 0.15) is 0 Å². The van der Waals surface area contributed by atoms with Crippen LogP contribution in [0.4, 0.5) is 0 Å². The van der Waals surface area contributed by atoms with Gasteiger partial charge in [-0.25, -0.2) is 13.1 Å². The highest BCUT2D eigenvalue weighted by molar-refractivity contribution is 7.89. The molecule has 0 bridgehead atoms. The lowest BCUT2D eigenvalue weighted by molar-refractivity contribution is -0.107. The first-order valence-corrected chi connectivity index (χ1v) is 9.76. The summed E-state index contributed by atoms with van der Waals surface area (Å²) in [6, 6.07) is 19.9. The molecule has 0 unspecified atom stereocenters. The van der Waals surface area contributed by atoms with Gasteiger partial charge in [0, 0.05) is 6.54 Å². The number of halogens is 1. The molecule has 0 radical (unpaired) electrons. The van der Waals surface area contributed by atoms with Gasteiger partial charge in [0.25, 0.3) is 0 Å². The van der Waals surface area contributed by atoms with Crippen LogP contribution < -0.4 is 4.72 Å². The minimum atomic E-state index is -3.69. The highest BCUT2D eigenvalue weighted by Gasteiger charge is 2.14. The number of benzene rings is 3. The fraction of sp³-hybridized carbons (Fsp3) is 0.0500. The van der Waals surface area contributed by atoms with E-state index >= 15 is 0 Å². The Balaban J connectivity index is 1.83. The lowest BCUT2D eigenvalue weighted by atomic mass is 10.1. The van der Waals surface area contributed by atoms with Crippen molar-refractivity contribution in [2.45, 2.75) is 11.4 Å². The monoisotopic (exact) mass is 385 g/mol. The highest BCUT2D eigenvalue weighted by Crippen LogP contribution is 2.19. The molecule has 4 nitrogen and oxygen atoms in total. The Morgan fingerprint density at radius 1 is 1.00 bits per heavy atom. The van der Waals surface area contributed by atoms with Gasteiger partial charge in [-0.05, 0) is 51.7 Å². The summed E-state index contributed by atoms with van der Waals surface area (Å²) >= 11 is 5.27. The smallest absolute Gasteiger partial charge is 0.245 e. The van der Waals surface area contributed by atoms with Gasteiger partial charge in [0.05, 0.1) is 4.90 Å². The first-order valence-electron chi connectivity index (χ1n) is 7.90. The minimum Gasteiger partial charge on any atom is -0.276 e. The predicted molar refractivity (Wildman–Crippen MR) is 104 cm³/mol. The van der Waals surface area contributed by atoms with E-state index < -0.39 is 15.3 Å². The second kappa shape index (κ2) is 7.83. The van der Waals surface area contributed by atoms with Crippen molar-refractivity contribution in [2.75, 3.05) is 0 Å². The molecule has 0 aliphatic heterocycles.